The van der Waals surface area contributed by atoms with Crippen molar-refractivity contribution in [3.63, 3.8) is 0 Å². The van der Waals surface area contributed by atoms with Crippen LogP contribution < -0.4 is 0 Å². The minimum atomic E-state index is -1.18. The Morgan fingerprint density at radius 1 is 1.62 bits per heavy atom. The fourth-order valence-corrected chi connectivity index (χ4v) is 1.27. The lowest BCUT2D eigenvalue weighted by atomic mass is 10.1. The van der Waals surface area contributed by atoms with Gasteiger partial charge >= 0.3 is 0 Å². The van der Waals surface area contributed by atoms with E-state index in [0.717, 1.165) is 0 Å². The Hall–Kier alpha value is -0.740. The smallest absolute Gasteiger partial charge is 0.193 e. The summed E-state index contributed by atoms with van der Waals surface area (Å²) in [5.74, 6) is -1.23. The van der Waals surface area contributed by atoms with Crippen LogP contribution in [0.4, 0.5) is 4.39 Å². The normalized spacial score (nSPS) is 12.6. The molecule has 13 heavy (non-hydrogen) atoms. The lowest BCUT2D eigenvalue weighted by Gasteiger charge is -2.04. The maximum Gasteiger partial charge on any atom is 0.193 e. The number of halogens is 2. The molecule has 1 atom stereocenters. The highest BCUT2D eigenvalue weighted by molar-refractivity contribution is 9.10. The zero-order valence-electron chi connectivity index (χ0n) is 6.92. The molecule has 1 aromatic carbocycles. The molecular weight excluding hydrogens is 239 g/mol. The van der Waals surface area contributed by atoms with Gasteiger partial charge < -0.3 is 5.11 Å². The van der Waals surface area contributed by atoms with E-state index in [9.17, 15) is 9.18 Å². The van der Waals surface area contributed by atoms with Crippen molar-refractivity contribution in [2.45, 2.75) is 13.0 Å². The standard InChI is InChI=1S/C9H8BrFO2/c1-5(12)9(13)7-4-6(10)2-3-8(7)11/h2-5,12H,1H3. The number of Topliss-reactive ketones (excluding diaryl/α,β-unsaturated/α-hetero) is 1. The van der Waals surface area contributed by atoms with E-state index >= 15 is 0 Å². The highest BCUT2D eigenvalue weighted by Gasteiger charge is 2.16. The lowest BCUT2D eigenvalue weighted by molar-refractivity contribution is 0.0775. The van der Waals surface area contributed by atoms with Crippen molar-refractivity contribution in [1.29, 1.82) is 0 Å². The first-order chi connectivity index (χ1) is 6.02. The minimum absolute atomic E-state index is 0.0932. The van der Waals surface area contributed by atoms with Gasteiger partial charge in [0.05, 0.1) is 5.56 Å². The van der Waals surface area contributed by atoms with Gasteiger partial charge in [0.25, 0.3) is 0 Å². The molecule has 0 saturated carbocycles. The number of carbonyl (C=O) groups excluding carboxylic acids is 1. The summed E-state index contributed by atoms with van der Waals surface area (Å²) in [4.78, 5) is 11.2. The zero-order chi connectivity index (χ0) is 10.0. The number of aliphatic hydroxyl groups excluding tert-OH is 1. The average Bonchev–Trinajstić information content (AvgIpc) is 2.08. The van der Waals surface area contributed by atoms with Gasteiger partial charge in [-0.2, -0.15) is 0 Å². The first-order valence-corrected chi connectivity index (χ1v) is 4.49. The molecule has 0 bridgehead atoms. The van der Waals surface area contributed by atoms with Crippen LogP contribution in [-0.4, -0.2) is 17.0 Å². The number of benzene rings is 1. The minimum Gasteiger partial charge on any atom is -0.385 e. The quantitative estimate of drug-likeness (QED) is 0.813. The second kappa shape index (κ2) is 3.98. The van der Waals surface area contributed by atoms with Crippen molar-refractivity contribution < 1.29 is 14.3 Å². The molecule has 70 valence electrons. The molecule has 0 aliphatic carbocycles. The summed E-state index contributed by atoms with van der Waals surface area (Å²) < 4.78 is 13.6. The van der Waals surface area contributed by atoms with Gasteiger partial charge in [-0.1, -0.05) is 15.9 Å². The summed E-state index contributed by atoms with van der Waals surface area (Å²) in [6.07, 6.45) is -1.18. The molecule has 0 radical (unpaired) electrons. The van der Waals surface area contributed by atoms with E-state index in [1.807, 2.05) is 0 Å². The van der Waals surface area contributed by atoms with Gasteiger partial charge in [-0.15, -0.1) is 0 Å². The van der Waals surface area contributed by atoms with Crippen molar-refractivity contribution in [2.75, 3.05) is 0 Å². The predicted octanol–water partition coefficient (Wildman–Crippen LogP) is 2.15. The van der Waals surface area contributed by atoms with Gasteiger partial charge in [0, 0.05) is 4.47 Å². The number of hydrogen-bond acceptors (Lipinski definition) is 2. The second-order valence-electron chi connectivity index (χ2n) is 2.66. The third-order valence-electron chi connectivity index (χ3n) is 1.57. The summed E-state index contributed by atoms with van der Waals surface area (Å²) >= 11 is 3.11. The van der Waals surface area contributed by atoms with E-state index in [4.69, 9.17) is 5.11 Å². The van der Waals surface area contributed by atoms with E-state index in [0.29, 0.717) is 4.47 Å². The molecule has 0 aliphatic rings. The molecule has 0 amide bonds. The Bertz CT molecular complexity index is 336. The van der Waals surface area contributed by atoms with Crippen LogP contribution in [0.15, 0.2) is 22.7 Å². The van der Waals surface area contributed by atoms with Crippen LogP contribution in [0.2, 0.25) is 0 Å². The Kier molecular flexibility index (Phi) is 3.17. The van der Waals surface area contributed by atoms with Crippen LogP contribution in [0.5, 0.6) is 0 Å². The average molecular weight is 247 g/mol. The number of ketones is 1. The molecule has 0 heterocycles. The highest BCUT2D eigenvalue weighted by Crippen LogP contribution is 2.16. The molecule has 0 saturated heterocycles. The molecule has 0 spiro atoms. The Morgan fingerprint density at radius 2 is 2.23 bits per heavy atom. The van der Waals surface area contributed by atoms with E-state index in [1.165, 1.54) is 25.1 Å². The Labute approximate surface area is 83.5 Å². The predicted molar refractivity (Wildman–Crippen MR) is 50.1 cm³/mol. The van der Waals surface area contributed by atoms with Crippen LogP contribution in [0.3, 0.4) is 0 Å². The summed E-state index contributed by atoms with van der Waals surface area (Å²) in [5, 5.41) is 8.96. The van der Waals surface area contributed by atoms with Gasteiger partial charge in [0.2, 0.25) is 0 Å². The number of rotatable bonds is 2. The number of aliphatic hydroxyl groups is 1. The van der Waals surface area contributed by atoms with Crippen molar-refractivity contribution >= 4 is 21.7 Å². The Morgan fingerprint density at radius 3 is 2.77 bits per heavy atom. The molecular formula is C9H8BrFO2. The first-order valence-electron chi connectivity index (χ1n) is 3.69. The van der Waals surface area contributed by atoms with E-state index in [-0.39, 0.29) is 5.56 Å². The number of hydrogen-bond donors (Lipinski definition) is 1. The highest BCUT2D eigenvalue weighted by atomic mass is 79.9. The molecule has 1 rings (SSSR count). The fraction of sp³-hybridized carbons (Fsp3) is 0.222. The van der Waals surface area contributed by atoms with E-state index < -0.39 is 17.7 Å². The first kappa shape index (κ1) is 10.3. The van der Waals surface area contributed by atoms with Gasteiger partial charge in [-0.25, -0.2) is 4.39 Å². The monoisotopic (exact) mass is 246 g/mol. The van der Waals surface area contributed by atoms with Gasteiger partial charge in [0.1, 0.15) is 11.9 Å². The molecule has 1 aromatic rings. The van der Waals surface area contributed by atoms with E-state index in [1.54, 1.807) is 0 Å². The second-order valence-corrected chi connectivity index (χ2v) is 3.58. The molecule has 1 unspecified atom stereocenters. The molecule has 0 aliphatic heterocycles. The van der Waals surface area contributed by atoms with Crippen LogP contribution in [0.25, 0.3) is 0 Å². The molecule has 2 nitrogen and oxygen atoms in total. The fourth-order valence-electron chi connectivity index (χ4n) is 0.911. The maximum absolute atomic E-state index is 13.0. The van der Waals surface area contributed by atoms with Crippen molar-refractivity contribution in [2.24, 2.45) is 0 Å². The van der Waals surface area contributed by atoms with Crippen LogP contribution >= 0.6 is 15.9 Å². The molecule has 4 heteroatoms. The van der Waals surface area contributed by atoms with Crippen molar-refractivity contribution in [1.82, 2.24) is 0 Å². The van der Waals surface area contributed by atoms with Gasteiger partial charge in [-0.3, -0.25) is 4.79 Å². The third-order valence-corrected chi connectivity index (χ3v) is 2.07. The van der Waals surface area contributed by atoms with Crippen LogP contribution in [0.1, 0.15) is 17.3 Å². The third kappa shape index (κ3) is 2.35. The lowest BCUT2D eigenvalue weighted by Crippen LogP contribution is -2.17. The SMILES string of the molecule is CC(O)C(=O)c1cc(Br)ccc1F. The summed E-state index contributed by atoms with van der Waals surface area (Å²) in [6.45, 7) is 1.31. The largest absolute Gasteiger partial charge is 0.385 e. The number of carbonyl (C=O) groups is 1. The maximum atomic E-state index is 13.0. The summed E-state index contributed by atoms with van der Waals surface area (Å²) in [5.41, 5.74) is -0.0932. The molecule has 0 fully saturated rings. The van der Waals surface area contributed by atoms with Crippen molar-refractivity contribution in [3.8, 4) is 0 Å². The van der Waals surface area contributed by atoms with Crippen LogP contribution in [0, 0.1) is 5.82 Å². The zero-order valence-corrected chi connectivity index (χ0v) is 8.51. The summed E-state index contributed by atoms with van der Waals surface area (Å²) in [7, 11) is 0. The van der Waals surface area contributed by atoms with Gasteiger partial charge in [0.15, 0.2) is 5.78 Å². The molecule has 1 N–H and O–H groups in total. The molecule has 0 aromatic heterocycles. The Balaban J connectivity index is 3.13. The van der Waals surface area contributed by atoms with Gasteiger partial charge in [-0.05, 0) is 25.1 Å². The van der Waals surface area contributed by atoms with E-state index in [2.05, 4.69) is 15.9 Å². The van der Waals surface area contributed by atoms with Crippen LogP contribution in [-0.2, 0) is 0 Å². The van der Waals surface area contributed by atoms with Crippen molar-refractivity contribution in [3.05, 3.63) is 34.1 Å². The summed E-state index contributed by atoms with van der Waals surface area (Å²) in [6, 6.07) is 4.03. The topological polar surface area (TPSA) is 37.3 Å².